The Morgan fingerprint density at radius 2 is 1.80 bits per heavy atom. The maximum absolute atomic E-state index is 12.8. The normalized spacial score (nSPS) is 11.3. The van der Waals surface area contributed by atoms with Crippen LogP contribution in [0.4, 0.5) is 8.78 Å². The number of nitrogens with two attached hydrogens (primary N) is 2. The summed E-state index contributed by atoms with van der Waals surface area (Å²) in [6.45, 7) is 1.58. The van der Waals surface area contributed by atoms with Crippen molar-refractivity contribution in [2.24, 2.45) is 21.7 Å². The van der Waals surface area contributed by atoms with E-state index in [0.29, 0.717) is 11.3 Å². The van der Waals surface area contributed by atoms with Gasteiger partial charge in [0.1, 0.15) is 0 Å². The fraction of sp³-hybridized carbons (Fsp3) is 0.111. The molecule has 1 aromatic carbocycles. The quantitative estimate of drug-likeness (QED) is 0.435. The number of benzene rings is 1. The molecule has 0 bridgehead atoms. The summed E-state index contributed by atoms with van der Waals surface area (Å²) in [6, 6.07) is 3.43. The van der Waals surface area contributed by atoms with Gasteiger partial charge < -0.3 is 11.5 Å². The molecular formula is C9H10F2N4. The summed E-state index contributed by atoms with van der Waals surface area (Å²) in [5.74, 6) is -2.04. The van der Waals surface area contributed by atoms with Crippen molar-refractivity contribution in [2.75, 3.05) is 0 Å². The molecule has 0 saturated heterocycles. The average molecular weight is 212 g/mol. The Hall–Kier alpha value is -1.98. The second-order valence-electron chi connectivity index (χ2n) is 2.84. The lowest BCUT2D eigenvalue weighted by Crippen LogP contribution is -2.22. The van der Waals surface area contributed by atoms with Crippen LogP contribution in [-0.2, 0) is 0 Å². The molecule has 0 aliphatic carbocycles. The van der Waals surface area contributed by atoms with E-state index >= 15 is 0 Å². The minimum absolute atomic E-state index is 0.197. The molecule has 4 nitrogen and oxygen atoms in total. The van der Waals surface area contributed by atoms with E-state index in [4.69, 9.17) is 11.5 Å². The third kappa shape index (κ3) is 3.01. The van der Waals surface area contributed by atoms with Crippen molar-refractivity contribution in [3.05, 3.63) is 35.4 Å². The zero-order chi connectivity index (χ0) is 11.4. The molecular weight excluding hydrogens is 202 g/mol. The van der Waals surface area contributed by atoms with E-state index in [0.717, 1.165) is 12.1 Å². The third-order valence-corrected chi connectivity index (χ3v) is 1.65. The van der Waals surface area contributed by atoms with Crippen LogP contribution in [0.1, 0.15) is 12.5 Å². The first kappa shape index (κ1) is 11.1. The Kier molecular flexibility index (Phi) is 3.33. The Morgan fingerprint density at radius 1 is 1.13 bits per heavy atom. The number of guanidine groups is 1. The average Bonchev–Trinajstić information content (AvgIpc) is 2.18. The monoisotopic (exact) mass is 212 g/mol. The lowest BCUT2D eigenvalue weighted by Gasteiger charge is -1.99. The summed E-state index contributed by atoms with van der Waals surface area (Å²) in [4.78, 5) is 0. The van der Waals surface area contributed by atoms with Gasteiger partial charge in [0.15, 0.2) is 11.6 Å². The molecule has 15 heavy (non-hydrogen) atoms. The smallest absolute Gasteiger partial charge is 0.211 e. The molecule has 0 atom stereocenters. The fourth-order valence-electron chi connectivity index (χ4n) is 0.912. The summed E-state index contributed by atoms with van der Waals surface area (Å²) in [7, 11) is 0. The fourth-order valence-corrected chi connectivity index (χ4v) is 0.912. The topological polar surface area (TPSA) is 76.8 Å². The maximum Gasteiger partial charge on any atom is 0.211 e. The van der Waals surface area contributed by atoms with Crippen LogP contribution in [0.3, 0.4) is 0 Å². The molecule has 6 heteroatoms. The van der Waals surface area contributed by atoms with Gasteiger partial charge in [0.05, 0.1) is 5.71 Å². The van der Waals surface area contributed by atoms with Crippen LogP contribution in [0, 0.1) is 11.6 Å². The number of nitrogens with zero attached hydrogens (tertiary/aromatic N) is 2. The Balaban J connectivity index is 3.02. The summed E-state index contributed by atoms with van der Waals surface area (Å²) < 4.78 is 25.4. The molecule has 0 fully saturated rings. The predicted molar refractivity (Wildman–Crippen MR) is 54.4 cm³/mol. The molecule has 0 aliphatic heterocycles. The summed E-state index contributed by atoms with van der Waals surface area (Å²) in [5, 5.41) is 7.03. The Morgan fingerprint density at radius 3 is 2.33 bits per heavy atom. The molecule has 0 spiro atoms. The Labute approximate surface area is 85.3 Å². The summed E-state index contributed by atoms with van der Waals surface area (Å²) >= 11 is 0. The highest BCUT2D eigenvalue weighted by atomic mass is 19.2. The van der Waals surface area contributed by atoms with Crippen molar-refractivity contribution in [3.8, 4) is 0 Å². The van der Waals surface area contributed by atoms with Crippen molar-refractivity contribution in [1.82, 2.24) is 0 Å². The number of hydrogen-bond acceptors (Lipinski definition) is 2. The van der Waals surface area contributed by atoms with Gasteiger partial charge >= 0.3 is 0 Å². The van der Waals surface area contributed by atoms with Crippen LogP contribution < -0.4 is 11.5 Å². The van der Waals surface area contributed by atoms with Gasteiger partial charge in [-0.15, -0.1) is 5.10 Å². The van der Waals surface area contributed by atoms with E-state index in [1.54, 1.807) is 6.92 Å². The first-order valence-electron chi connectivity index (χ1n) is 4.09. The van der Waals surface area contributed by atoms with Gasteiger partial charge in [-0.3, -0.25) is 0 Å². The highest BCUT2D eigenvalue weighted by Gasteiger charge is 2.04. The molecule has 1 rings (SSSR count). The Bertz CT molecular complexity index is 422. The lowest BCUT2D eigenvalue weighted by atomic mass is 10.1. The zero-order valence-corrected chi connectivity index (χ0v) is 8.04. The minimum atomic E-state index is -0.938. The van der Waals surface area contributed by atoms with Crippen LogP contribution in [0.15, 0.2) is 28.4 Å². The maximum atomic E-state index is 12.8. The highest BCUT2D eigenvalue weighted by molar-refractivity contribution is 5.98. The van der Waals surface area contributed by atoms with Crippen molar-refractivity contribution < 1.29 is 8.78 Å². The second kappa shape index (κ2) is 4.50. The number of rotatable bonds is 2. The molecule has 0 heterocycles. The predicted octanol–water partition coefficient (Wildman–Crippen LogP) is 0.962. The lowest BCUT2D eigenvalue weighted by molar-refractivity contribution is 0.508. The van der Waals surface area contributed by atoms with Crippen LogP contribution >= 0.6 is 0 Å². The van der Waals surface area contributed by atoms with Gasteiger partial charge in [-0.05, 0) is 25.1 Å². The molecule has 0 radical (unpaired) electrons. The van der Waals surface area contributed by atoms with E-state index in [1.165, 1.54) is 6.07 Å². The summed E-state index contributed by atoms with van der Waals surface area (Å²) in [5.41, 5.74) is 10.9. The first-order chi connectivity index (χ1) is 7.00. The van der Waals surface area contributed by atoms with Crippen molar-refractivity contribution in [3.63, 3.8) is 0 Å². The molecule has 0 amide bonds. The SMILES string of the molecule is CC(=NN=C(N)N)c1ccc(F)c(F)c1. The molecule has 0 aliphatic rings. The van der Waals surface area contributed by atoms with Crippen molar-refractivity contribution in [2.45, 2.75) is 6.92 Å². The van der Waals surface area contributed by atoms with Crippen molar-refractivity contribution in [1.29, 1.82) is 0 Å². The second-order valence-corrected chi connectivity index (χ2v) is 2.84. The summed E-state index contributed by atoms with van der Waals surface area (Å²) in [6.07, 6.45) is 0. The molecule has 1 aromatic rings. The van der Waals surface area contributed by atoms with Gasteiger partial charge in [-0.1, -0.05) is 0 Å². The largest absolute Gasteiger partial charge is 0.369 e. The van der Waals surface area contributed by atoms with Gasteiger partial charge in [0, 0.05) is 5.56 Å². The molecule has 0 unspecified atom stereocenters. The van der Waals surface area contributed by atoms with Gasteiger partial charge in [-0.2, -0.15) is 5.10 Å². The third-order valence-electron chi connectivity index (χ3n) is 1.65. The molecule has 80 valence electrons. The van der Waals surface area contributed by atoms with Gasteiger partial charge in [0.25, 0.3) is 0 Å². The molecule has 4 N–H and O–H groups in total. The van der Waals surface area contributed by atoms with E-state index in [2.05, 4.69) is 10.2 Å². The molecule has 0 saturated carbocycles. The van der Waals surface area contributed by atoms with E-state index in [-0.39, 0.29) is 5.96 Å². The van der Waals surface area contributed by atoms with E-state index in [1.807, 2.05) is 0 Å². The molecule has 0 aromatic heterocycles. The minimum Gasteiger partial charge on any atom is -0.369 e. The van der Waals surface area contributed by atoms with Crippen molar-refractivity contribution >= 4 is 11.7 Å². The van der Waals surface area contributed by atoms with Gasteiger partial charge in [0.2, 0.25) is 5.96 Å². The van der Waals surface area contributed by atoms with Crippen LogP contribution in [-0.4, -0.2) is 11.7 Å². The van der Waals surface area contributed by atoms with Crippen LogP contribution in [0.25, 0.3) is 0 Å². The van der Waals surface area contributed by atoms with Crippen LogP contribution in [0.2, 0.25) is 0 Å². The van der Waals surface area contributed by atoms with Gasteiger partial charge in [-0.25, -0.2) is 8.78 Å². The highest BCUT2D eigenvalue weighted by Crippen LogP contribution is 2.09. The van der Waals surface area contributed by atoms with E-state index in [9.17, 15) is 8.78 Å². The van der Waals surface area contributed by atoms with Crippen LogP contribution in [0.5, 0.6) is 0 Å². The van der Waals surface area contributed by atoms with E-state index < -0.39 is 11.6 Å². The number of hydrogen-bond donors (Lipinski definition) is 2. The standard InChI is InChI=1S/C9H10F2N4/c1-5(14-15-9(12)13)6-2-3-7(10)8(11)4-6/h2-4H,1H3,(H4,12,13,15). The zero-order valence-electron chi connectivity index (χ0n) is 8.04. The number of halogens is 2. The first-order valence-corrected chi connectivity index (χ1v) is 4.09.